The van der Waals surface area contributed by atoms with Crippen molar-refractivity contribution in [3.8, 4) is 5.75 Å². The lowest BCUT2D eigenvalue weighted by molar-refractivity contribution is -0.142. The summed E-state index contributed by atoms with van der Waals surface area (Å²) in [6.45, 7) is -0.136. The van der Waals surface area contributed by atoms with Gasteiger partial charge in [0, 0.05) is 5.39 Å². The molecule has 1 aromatic heterocycles. The van der Waals surface area contributed by atoms with E-state index in [4.69, 9.17) is 9.15 Å². The topological polar surface area (TPSA) is 48.7 Å². The van der Waals surface area contributed by atoms with Crippen molar-refractivity contribution in [1.82, 2.24) is 0 Å². The van der Waals surface area contributed by atoms with E-state index in [2.05, 4.69) is 65.4 Å². The van der Waals surface area contributed by atoms with E-state index in [1.54, 1.807) is 12.3 Å². The number of para-hydroxylation sites is 1. The van der Waals surface area contributed by atoms with Crippen molar-refractivity contribution in [3.05, 3.63) is 102 Å². The second kappa shape index (κ2) is 10.9. The molecule has 0 aliphatic carbocycles. The van der Waals surface area contributed by atoms with Gasteiger partial charge in [0.25, 0.3) is 0 Å². The molecule has 4 nitrogen and oxygen atoms in total. The van der Waals surface area contributed by atoms with Gasteiger partial charge in [0.1, 0.15) is 0 Å². The van der Waals surface area contributed by atoms with E-state index >= 15 is 0 Å². The molecule has 4 rings (SSSR count). The first kappa shape index (κ1) is 22.0. The molecular formula is C27H26O4S. The second-order valence-corrected chi connectivity index (χ2v) is 8.65. The molecule has 0 radical (unpaired) electrons. The van der Waals surface area contributed by atoms with E-state index < -0.39 is 5.97 Å². The summed E-state index contributed by atoms with van der Waals surface area (Å²) in [5, 5.41) is 1.34. The van der Waals surface area contributed by atoms with Gasteiger partial charge in [0.2, 0.25) is 0 Å². The van der Waals surface area contributed by atoms with E-state index in [1.807, 2.05) is 23.9 Å². The predicted octanol–water partition coefficient (Wildman–Crippen LogP) is 6.44. The van der Waals surface area contributed by atoms with Gasteiger partial charge in [0.15, 0.2) is 17.9 Å². The largest absolute Gasteiger partial charge is 0.478 e. The smallest absolute Gasteiger partial charge is 0.343 e. The van der Waals surface area contributed by atoms with Crippen molar-refractivity contribution >= 4 is 28.7 Å². The number of methoxy groups -OCH3 is 1. The lowest BCUT2D eigenvalue weighted by Crippen LogP contribution is -2.12. The van der Waals surface area contributed by atoms with Crippen LogP contribution in [0.2, 0.25) is 0 Å². The van der Waals surface area contributed by atoms with E-state index in [0.29, 0.717) is 16.6 Å². The molecule has 0 unspecified atom stereocenters. The summed E-state index contributed by atoms with van der Waals surface area (Å²) in [5.41, 5.74) is 4.47. The van der Waals surface area contributed by atoms with Crippen LogP contribution in [0.4, 0.5) is 0 Å². The Kier molecular flexibility index (Phi) is 7.51. The first-order chi connectivity index (χ1) is 15.8. The molecule has 0 aliphatic heterocycles. The maximum Gasteiger partial charge on any atom is 0.343 e. The Balaban J connectivity index is 1.40. The first-order valence-electron chi connectivity index (χ1n) is 10.7. The highest BCUT2D eigenvalue weighted by molar-refractivity contribution is 7.99. The fraction of sp³-hybridized carbons (Fsp3) is 0.222. The number of esters is 1. The van der Waals surface area contributed by atoms with Gasteiger partial charge in [-0.3, -0.25) is 0 Å². The molecule has 0 saturated heterocycles. The van der Waals surface area contributed by atoms with Gasteiger partial charge in [-0.25, -0.2) is 4.79 Å². The number of rotatable bonds is 10. The minimum Gasteiger partial charge on any atom is -0.478 e. The van der Waals surface area contributed by atoms with Gasteiger partial charge < -0.3 is 13.9 Å². The molecular weight excluding hydrogens is 420 g/mol. The molecule has 164 valence electrons. The van der Waals surface area contributed by atoms with Crippen molar-refractivity contribution < 1.29 is 18.7 Å². The molecule has 0 atom stereocenters. The van der Waals surface area contributed by atoms with Crippen LogP contribution in [0.1, 0.15) is 28.4 Å². The third-order valence-electron chi connectivity index (χ3n) is 5.30. The van der Waals surface area contributed by atoms with Crippen molar-refractivity contribution in [2.24, 2.45) is 0 Å². The van der Waals surface area contributed by atoms with Crippen LogP contribution in [0.5, 0.6) is 5.75 Å². The number of fused-ring (bicyclic) bond motifs is 1. The number of aryl methyl sites for hydroxylation is 1. The van der Waals surface area contributed by atoms with Crippen molar-refractivity contribution in [3.63, 3.8) is 0 Å². The molecule has 0 N–H and O–H groups in total. The first-order valence-corrected chi connectivity index (χ1v) is 11.7. The van der Waals surface area contributed by atoms with E-state index in [-0.39, 0.29) is 6.61 Å². The van der Waals surface area contributed by atoms with Crippen molar-refractivity contribution in [1.29, 1.82) is 0 Å². The Morgan fingerprint density at radius 2 is 1.62 bits per heavy atom. The van der Waals surface area contributed by atoms with Crippen LogP contribution in [-0.4, -0.2) is 25.4 Å². The molecule has 3 aromatic carbocycles. The number of ether oxygens (including phenoxy) is 2. The fourth-order valence-electron chi connectivity index (χ4n) is 3.69. The highest BCUT2D eigenvalue weighted by atomic mass is 32.2. The van der Waals surface area contributed by atoms with Gasteiger partial charge in [-0.1, -0.05) is 72.8 Å². The van der Waals surface area contributed by atoms with Gasteiger partial charge in [-0.15, -0.1) is 11.8 Å². The zero-order chi connectivity index (χ0) is 22.2. The van der Waals surface area contributed by atoms with Gasteiger partial charge >= 0.3 is 5.97 Å². The standard InChI is InChI=1S/C27H26O4S/c1-29-25(28)19-30-24-16-8-15-23-22(18-31-26(23)24)14-9-17-32-27(20-10-4-2-5-11-20)21-12-6-3-7-13-21/h2-8,10-13,15-16,18,27H,9,14,17,19H2,1H3. The number of hydrogen-bond donors (Lipinski definition) is 0. The van der Waals surface area contributed by atoms with Gasteiger partial charge in [0.05, 0.1) is 18.6 Å². The number of carbonyl (C=O) groups excluding carboxylic acids is 1. The SMILES string of the molecule is COC(=O)COc1cccc2c(CCCSC(c3ccccc3)c3ccccc3)coc12. The normalized spacial score (nSPS) is 11.1. The summed E-state index contributed by atoms with van der Waals surface area (Å²) in [6.07, 6.45) is 3.74. The van der Waals surface area contributed by atoms with Crippen LogP contribution < -0.4 is 4.74 Å². The Bertz CT molecular complexity index is 1100. The molecule has 0 amide bonds. The number of carbonyl (C=O) groups is 1. The summed E-state index contributed by atoms with van der Waals surface area (Å²) >= 11 is 1.97. The van der Waals surface area contributed by atoms with Crippen LogP contribution in [0.3, 0.4) is 0 Å². The predicted molar refractivity (Wildman–Crippen MR) is 129 cm³/mol. The van der Waals surface area contributed by atoms with E-state index in [9.17, 15) is 4.79 Å². The lowest BCUT2D eigenvalue weighted by atomic mass is 10.0. The highest BCUT2D eigenvalue weighted by Crippen LogP contribution is 2.36. The van der Waals surface area contributed by atoms with E-state index in [0.717, 1.165) is 29.5 Å². The van der Waals surface area contributed by atoms with Crippen molar-refractivity contribution in [2.45, 2.75) is 18.1 Å². The molecule has 0 saturated carbocycles. The number of benzene rings is 3. The average Bonchev–Trinajstić information content (AvgIpc) is 3.27. The Morgan fingerprint density at radius 3 is 2.28 bits per heavy atom. The number of hydrogen-bond acceptors (Lipinski definition) is 5. The molecule has 0 fully saturated rings. The molecule has 0 aliphatic rings. The Hall–Kier alpha value is -3.18. The Morgan fingerprint density at radius 1 is 0.938 bits per heavy atom. The van der Waals surface area contributed by atoms with Crippen LogP contribution in [-0.2, 0) is 16.0 Å². The lowest BCUT2D eigenvalue weighted by Gasteiger charge is -2.17. The number of furan rings is 1. The summed E-state index contributed by atoms with van der Waals surface area (Å²) < 4.78 is 16.0. The minimum absolute atomic E-state index is 0.136. The van der Waals surface area contributed by atoms with Gasteiger partial charge in [-0.2, -0.15) is 0 Å². The molecule has 4 aromatic rings. The zero-order valence-corrected chi connectivity index (χ0v) is 18.8. The molecule has 32 heavy (non-hydrogen) atoms. The van der Waals surface area contributed by atoms with Gasteiger partial charge in [-0.05, 0) is 41.4 Å². The van der Waals surface area contributed by atoms with E-state index in [1.165, 1.54) is 18.2 Å². The van der Waals surface area contributed by atoms with Crippen LogP contribution in [0, 0.1) is 0 Å². The summed E-state index contributed by atoms with van der Waals surface area (Å²) in [6, 6.07) is 27.1. The molecule has 0 spiro atoms. The monoisotopic (exact) mass is 446 g/mol. The van der Waals surface area contributed by atoms with Crippen molar-refractivity contribution in [2.75, 3.05) is 19.5 Å². The third kappa shape index (κ3) is 5.35. The van der Waals surface area contributed by atoms with Crippen LogP contribution in [0.25, 0.3) is 11.0 Å². The second-order valence-electron chi connectivity index (χ2n) is 7.43. The summed E-state index contributed by atoms with van der Waals surface area (Å²) in [4.78, 5) is 11.4. The summed E-state index contributed by atoms with van der Waals surface area (Å²) in [7, 11) is 1.34. The maximum absolute atomic E-state index is 11.4. The molecule has 0 bridgehead atoms. The average molecular weight is 447 g/mol. The fourth-order valence-corrected chi connectivity index (χ4v) is 4.94. The summed E-state index contributed by atoms with van der Waals surface area (Å²) in [5.74, 6) is 1.17. The van der Waals surface area contributed by atoms with Crippen LogP contribution >= 0.6 is 11.8 Å². The quantitative estimate of drug-likeness (QED) is 0.207. The zero-order valence-electron chi connectivity index (χ0n) is 18.0. The Labute approximate surface area is 192 Å². The number of thioether (sulfide) groups is 1. The minimum atomic E-state index is -0.419. The third-order valence-corrected chi connectivity index (χ3v) is 6.70. The molecule has 5 heteroatoms. The van der Waals surface area contributed by atoms with Crippen LogP contribution in [0.15, 0.2) is 89.5 Å². The highest BCUT2D eigenvalue weighted by Gasteiger charge is 2.15. The molecule has 1 heterocycles. The maximum atomic E-state index is 11.4.